The van der Waals surface area contributed by atoms with Crippen molar-refractivity contribution in [3.8, 4) is 11.4 Å². The Bertz CT molecular complexity index is 1070. The highest BCUT2D eigenvalue weighted by Gasteiger charge is 2.17. The Labute approximate surface area is 180 Å². The van der Waals surface area contributed by atoms with Crippen LogP contribution in [-0.2, 0) is 11.3 Å². The van der Waals surface area contributed by atoms with Gasteiger partial charge in [-0.15, -0.1) is 0 Å². The fraction of sp³-hybridized carbons (Fsp3) is 0.318. The third-order valence-corrected chi connectivity index (χ3v) is 5.02. The minimum atomic E-state index is -0.424. The monoisotopic (exact) mass is 420 g/mol. The first-order valence-electron chi connectivity index (χ1n) is 10.1. The molecular weight excluding hydrogens is 396 g/mol. The topological polar surface area (TPSA) is 106 Å². The number of nitrogens with zero attached hydrogens (tertiary/aromatic N) is 5. The van der Waals surface area contributed by atoms with Crippen LogP contribution in [0.3, 0.4) is 0 Å². The van der Waals surface area contributed by atoms with Crippen LogP contribution in [0.2, 0.25) is 0 Å². The molecule has 1 N–H and O–H groups in total. The molecule has 0 saturated carbocycles. The Morgan fingerprint density at radius 1 is 1.26 bits per heavy atom. The summed E-state index contributed by atoms with van der Waals surface area (Å²) in [5.74, 6) is 2.05. The van der Waals surface area contributed by atoms with Crippen LogP contribution < -0.4 is 10.2 Å². The molecule has 0 aliphatic carbocycles. The number of hydrogen-bond donors (Lipinski definition) is 1. The van der Waals surface area contributed by atoms with Crippen molar-refractivity contribution in [1.29, 1.82) is 0 Å². The summed E-state index contributed by atoms with van der Waals surface area (Å²) in [7, 11) is 0. The van der Waals surface area contributed by atoms with Crippen molar-refractivity contribution in [3.63, 3.8) is 0 Å². The lowest BCUT2D eigenvalue weighted by atomic mass is 10.2. The molecule has 9 heteroatoms. The molecule has 1 saturated heterocycles. The van der Waals surface area contributed by atoms with Gasteiger partial charge in [0.2, 0.25) is 0 Å². The molecule has 1 atom stereocenters. The molecule has 9 nitrogen and oxygen atoms in total. The minimum Gasteiger partial charge on any atom is -0.375 e. The summed E-state index contributed by atoms with van der Waals surface area (Å²) in [5, 5.41) is 14.4. The molecule has 1 fully saturated rings. The quantitative estimate of drug-likeness (QED) is 0.476. The SMILES string of the molecule is Cc1cc(NCc2ccc(N3CCOC(C)C3)nc2)nc(-c2cccc([N+](=O)[O-])c2)n1. The maximum absolute atomic E-state index is 11.1. The second-order valence-electron chi connectivity index (χ2n) is 7.53. The number of rotatable bonds is 6. The Hall–Kier alpha value is -3.59. The molecule has 1 unspecified atom stereocenters. The number of aryl methyl sites for hydroxylation is 1. The van der Waals surface area contributed by atoms with Crippen molar-refractivity contribution < 1.29 is 9.66 Å². The first-order chi connectivity index (χ1) is 15.0. The highest BCUT2D eigenvalue weighted by molar-refractivity contribution is 5.61. The standard InChI is InChI=1S/C22H24N6O3/c1-15-10-20(26-22(25-15)18-4-3-5-19(11-18)28(29)30)23-12-17-6-7-21(24-13-17)27-8-9-31-16(2)14-27/h3-7,10-11,13,16H,8-9,12,14H2,1-2H3,(H,23,25,26). The van der Waals surface area contributed by atoms with Gasteiger partial charge in [0.15, 0.2) is 5.82 Å². The number of morpholine rings is 1. The van der Waals surface area contributed by atoms with Gasteiger partial charge in [0.25, 0.3) is 5.69 Å². The van der Waals surface area contributed by atoms with Gasteiger partial charge in [-0.3, -0.25) is 10.1 Å². The van der Waals surface area contributed by atoms with E-state index < -0.39 is 4.92 Å². The molecular formula is C22H24N6O3. The van der Waals surface area contributed by atoms with E-state index in [4.69, 9.17) is 4.74 Å². The molecule has 0 radical (unpaired) electrons. The number of nitro benzene ring substituents is 1. The lowest BCUT2D eigenvalue weighted by Crippen LogP contribution is -2.41. The van der Waals surface area contributed by atoms with Crippen LogP contribution in [0.1, 0.15) is 18.2 Å². The van der Waals surface area contributed by atoms with Crippen molar-refractivity contribution in [2.45, 2.75) is 26.5 Å². The lowest BCUT2D eigenvalue weighted by molar-refractivity contribution is -0.384. The van der Waals surface area contributed by atoms with E-state index in [-0.39, 0.29) is 11.8 Å². The number of anilines is 2. The Morgan fingerprint density at radius 2 is 2.13 bits per heavy atom. The van der Waals surface area contributed by atoms with E-state index in [1.807, 2.05) is 31.3 Å². The highest BCUT2D eigenvalue weighted by atomic mass is 16.6. The van der Waals surface area contributed by atoms with E-state index in [0.29, 0.717) is 30.4 Å². The second-order valence-corrected chi connectivity index (χ2v) is 7.53. The van der Waals surface area contributed by atoms with Gasteiger partial charge in [-0.25, -0.2) is 15.0 Å². The number of nitrogens with one attached hydrogen (secondary N) is 1. The van der Waals surface area contributed by atoms with Crippen molar-refractivity contribution >= 4 is 17.3 Å². The smallest absolute Gasteiger partial charge is 0.270 e. The van der Waals surface area contributed by atoms with Crippen LogP contribution in [0.25, 0.3) is 11.4 Å². The first kappa shape index (κ1) is 20.7. The van der Waals surface area contributed by atoms with Crippen molar-refractivity contribution in [1.82, 2.24) is 15.0 Å². The van der Waals surface area contributed by atoms with Crippen LogP contribution in [-0.4, -0.2) is 45.7 Å². The molecule has 2 aromatic heterocycles. The highest BCUT2D eigenvalue weighted by Crippen LogP contribution is 2.23. The average molecular weight is 420 g/mol. The van der Waals surface area contributed by atoms with E-state index in [2.05, 4.69) is 32.1 Å². The van der Waals surface area contributed by atoms with E-state index in [0.717, 1.165) is 30.2 Å². The molecule has 3 heterocycles. The van der Waals surface area contributed by atoms with Gasteiger partial charge in [0.05, 0.1) is 17.6 Å². The zero-order valence-corrected chi connectivity index (χ0v) is 17.5. The number of aromatic nitrogens is 3. The molecule has 0 spiro atoms. The van der Waals surface area contributed by atoms with Crippen LogP contribution in [0.4, 0.5) is 17.3 Å². The summed E-state index contributed by atoms with van der Waals surface area (Å²) in [6.07, 6.45) is 2.07. The Kier molecular flexibility index (Phi) is 6.03. The molecule has 0 amide bonds. The zero-order chi connectivity index (χ0) is 21.8. The molecule has 3 aromatic rings. The largest absolute Gasteiger partial charge is 0.375 e. The average Bonchev–Trinajstić information content (AvgIpc) is 2.78. The van der Waals surface area contributed by atoms with Gasteiger partial charge in [0.1, 0.15) is 11.6 Å². The van der Waals surface area contributed by atoms with Crippen LogP contribution >= 0.6 is 0 Å². The van der Waals surface area contributed by atoms with Gasteiger partial charge in [-0.05, 0) is 25.5 Å². The summed E-state index contributed by atoms with van der Waals surface area (Å²) < 4.78 is 5.59. The molecule has 31 heavy (non-hydrogen) atoms. The van der Waals surface area contributed by atoms with Crippen molar-refractivity contribution in [2.24, 2.45) is 0 Å². The molecule has 1 aromatic carbocycles. The van der Waals surface area contributed by atoms with Gasteiger partial charge in [-0.1, -0.05) is 18.2 Å². The molecule has 0 bridgehead atoms. The zero-order valence-electron chi connectivity index (χ0n) is 17.5. The lowest BCUT2D eigenvalue weighted by Gasteiger charge is -2.32. The number of pyridine rings is 1. The minimum absolute atomic E-state index is 0.0120. The van der Waals surface area contributed by atoms with Crippen LogP contribution in [0.5, 0.6) is 0 Å². The third-order valence-electron chi connectivity index (χ3n) is 5.02. The summed E-state index contributed by atoms with van der Waals surface area (Å²) in [6.45, 7) is 6.88. The molecule has 1 aliphatic rings. The maximum atomic E-state index is 11.1. The van der Waals surface area contributed by atoms with Crippen molar-refractivity contribution in [3.05, 3.63) is 70.0 Å². The molecule has 1 aliphatic heterocycles. The fourth-order valence-corrected chi connectivity index (χ4v) is 3.47. The summed E-state index contributed by atoms with van der Waals surface area (Å²) in [6, 6.07) is 12.2. The Balaban J connectivity index is 1.45. The normalized spacial score (nSPS) is 16.2. The summed E-state index contributed by atoms with van der Waals surface area (Å²) in [4.78, 5) is 26.4. The van der Waals surface area contributed by atoms with E-state index in [1.54, 1.807) is 12.1 Å². The van der Waals surface area contributed by atoms with E-state index >= 15 is 0 Å². The summed E-state index contributed by atoms with van der Waals surface area (Å²) >= 11 is 0. The van der Waals surface area contributed by atoms with Crippen LogP contribution in [0, 0.1) is 17.0 Å². The fourth-order valence-electron chi connectivity index (χ4n) is 3.47. The number of non-ortho nitro benzene ring substituents is 1. The summed E-state index contributed by atoms with van der Waals surface area (Å²) in [5.41, 5.74) is 2.41. The van der Waals surface area contributed by atoms with E-state index in [9.17, 15) is 10.1 Å². The van der Waals surface area contributed by atoms with Crippen molar-refractivity contribution in [2.75, 3.05) is 29.9 Å². The van der Waals surface area contributed by atoms with Gasteiger partial charge < -0.3 is 15.0 Å². The van der Waals surface area contributed by atoms with E-state index in [1.165, 1.54) is 12.1 Å². The third kappa shape index (κ3) is 5.13. The molecule has 160 valence electrons. The predicted octanol–water partition coefficient (Wildman–Crippen LogP) is 3.59. The number of hydrogen-bond acceptors (Lipinski definition) is 8. The predicted molar refractivity (Wildman–Crippen MR) is 118 cm³/mol. The number of benzene rings is 1. The van der Waals surface area contributed by atoms with Gasteiger partial charge in [0, 0.05) is 55.3 Å². The maximum Gasteiger partial charge on any atom is 0.270 e. The molecule has 4 rings (SSSR count). The number of nitro groups is 1. The first-order valence-corrected chi connectivity index (χ1v) is 10.1. The van der Waals surface area contributed by atoms with Gasteiger partial charge in [-0.2, -0.15) is 0 Å². The van der Waals surface area contributed by atoms with Gasteiger partial charge >= 0.3 is 0 Å². The Morgan fingerprint density at radius 3 is 2.87 bits per heavy atom. The van der Waals surface area contributed by atoms with Crippen LogP contribution in [0.15, 0.2) is 48.7 Å². The number of ether oxygens (including phenoxy) is 1. The second kappa shape index (κ2) is 9.05.